The van der Waals surface area contributed by atoms with Gasteiger partial charge in [-0.3, -0.25) is 10.2 Å². The van der Waals surface area contributed by atoms with Gasteiger partial charge in [-0.2, -0.15) is 0 Å². The molecule has 2 aromatic rings. The zero-order valence-corrected chi connectivity index (χ0v) is 20.1. The van der Waals surface area contributed by atoms with E-state index in [1.165, 1.54) is 6.08 Å². The second-order valence-electron chi connectivity index (χ2n) is 6.39. The lowest BCUT2D eigenvalue weighted by atomic mass is 10.0. The molecular weight excluding hydrogens is 442 g/mol. The number of nitrogens with one attached hydrogen (secondary N) is 3. The number of amides is 1. The number of fused-ring (bicyclic) bond motifs is 1. The van der Waals surface area contributed by atoms with E-state index in [-0.39, 0.29) is 5.57 Å². The molecule has 170 valence electrons. The first kappa shape index (κ1) is 27.1. The molecule has 0 aromatic heterocycles. The van der Waals surface area contributed by atoms with Crippen LogP contribution in [0.2, 0.25) is 0 Å². The molecule has 8 heteroatoms. The molecule has 1 aliphatic rings. The molecule has 0 fully saturated rings. The minimum atomic E-state index is -1.45. The molecule has 4 N–H and O–H groups in total. The quantitative estimate of drug-likeness (QED) is 0.189. The van der Waals surface area contributed by atoms with E-state index in [9.17, 15) is 9.59 Å². The number of para-hydroxylation sites is 1. The van der Waals surface area contributed by atoms with Crippen LogP contribution in [0.1, 0.15) is 18.1 Å². The Labute approximate surface area is 197 Å². The Hall–Kier alpha value is -2.97. The summed E-state index contributed by atoms with van der Waals surface area (Å²) in [7, 11) is 3.55. The summed E-state index contributed by atoms with van der Waals surface area (Å²) < 4.78 is 0. The SMILES string of the molecule is C=CC.CSSC.N=C(C(=O)O)/C(=C/c1ccc2c(c1)CCN2)C(=O)Nc1ccccc1. The number of carboxylic acids is 1. The van der Waals surface area contributed by atoms with Crippen LogP contribution >= 0.6 is 21.6 Å². The van der Waals surface area contributed by atoms with E-state index in [2.05, 4.69) is 29.7 Å². The summed E-state index contributed by atoms with van der Waals surface area (Å²) in [5.74, 6) is -2.07. The highest BCUT2D eigenvalue weighted by Crippen LogP contribution is 2.24. The molecule has 0 radical (unpaired) electrons. The molecule has 0 bridgehead atoms. The lowest BCUT2D eigenvalue weighted by Crippen LogP contribution is -2.25. The summed E-state index contributed by atoms with van der Waals surface area (Å²) in [5, 5.41) is 22.8. The molecule has 3 rings (SSSR count). The summed E-state index contributed by atoms with van der Waals surface area (Å²) in [5.41, 5.74) is 2.44. The number of allylic oxidation sites excluding steroid dienone is 1. The van der Waals surface area contributed by atoms with Crippen molar-refractivity contribution in [1.29, 1.82) is 5.41 Å². The van der Waals surface area contributed by atoms with Crippen molar-refractivity contribution in [2.24, 2.45) is 0 Å². The fourth-order valence-corrected chi connectivity index (χ4v) is 2.67. The second-order valence-corrected chi connectivity index (χ2v) is 9.06. The van der Waals surface area contributed by atoms with E-state index >= 15 is 0 Å². The van der Waals surface area contributed by atoms with E-state index in [1.807, 2.05) is 25.1 Å². The van der Waals surface area contributed by atoms with Crippen molar-refractivity contribution in [1.82, 2.24) is 0 Å². The van der Waals surface area contributed by atoms with Crippen molar-refractivity contribution in [3.63, 3.8) is 0 Å². The molecule has 2 aromatic carbocycles. The van der Waals surface area contributed by atoms with Gasteiger partial charge in [0.25, 0.3) is 5.91 Å². The number of hydrogen-bond acceptors (Lipinski definition) is 6. The second kappa shape index (κ2) is 14.9. The Bertz CT molecular complexity index is 958. The van der Waals surface area contributed by atoms with E-state index in [4.69, 9.17) is 10.5 Å². The molecule has 0 saturated carbocycles. The van der Waals surface area contributed by atoms with Crippen LogP contribution in [-0.2, 0) is 16.0 Å². The maximum atomic E-state index is 12.5. The van der Waals surface area contributed by atoms with Crippen LogP contribution in [0.4, 0.5) is 11.4 Å². The van der Waals surface area contributed by atoms with Crippen LogP contribution in [-0.4, -0.2) is 41.8 Å². The van der Waals surface area contributed by atoms with Gasteiger partial charge in [0, 0.05) is 17.9 Å². The fraction of sp³-hybridized carbons (Fsp3) is 0.208. The highest BCUT2D eigenvalue weighted by molar-refractivity contribution is 8.76. The summed E-state index contributed by atoms with van der Waals surface area (Å²) >= 11 is 0. The number of carbonyl (C=O) groups is 2. The molecule has 1 heterocycles. The lowest BCUT2D eigenvalue weighted by molar-refractivity contribution is -0.129. The van der Waals surface area contributed by atoms with Crippen molar-refractivity contribution >= 4 is 56.6 Å². The van der Waals surface area contributed by atoms with Gasteiger partial charge in [-0.25, -0.2) is 4.79 Å². The van der Waals surface area contributed by atoms with Gasteiger partial charge in [-0.05, 0) is 67.3 Å². The van der Waals surface area contributed by atoms with Crippen LogP contribution in [0.5, 0.6) is 0 Å². The fourth-order valence-electron chi connectivity index (χ4n) is 2.67. The van der Waals surface area contributed by atoms with E-state index < -0.39 is 17.6 Å². The first-order valence-electron chi connectivity index (χ1n) is 9.78. The largest absolute Gasteiger partial charge is 0.477 e. The monoisotopic (exact) mass is 471 g/mol. The first-order chi connectivity index (χ1) is 15.4. The van der Waals surface area contributed by atoms with Gasteiger partial charge >= 0.3 is 5.97 Å². The predicted molar refractivity (Wildman–Crippen MR) is 140 cm³/mol. The normalized spacial score (nSPS) is 11.4. The number of anilines is 2. The van der Waals surface area contributed by atoms with Gasteiger partial charge in [0.1, 0.15) is 0 Å². The van der Waals surface area contributed by atoms with Gasteiger partial charge in [-0.15, -0.1) is 6.58 Å². The highest BCUT2D eigenvalue weighted by Gasteiger charge is 2.21. The van der Waals surface area contributed by atoms with Crippen LogP contribution in [0.25, 0.3) is 6.08 Å². The van der Waals surface area contributed by atoms with Crippen LogP contribution < -0.4 is 10.6 Å². The average Bonchev–Trinajstić information content (AvgIpc) is 3.26. The lowest BCUT2D eigenvalue weighted by Gasteiger charge is -2.09. The van der Waals surface area contributed by atoms with Crippen molar-refractivity contribution in [2.45, 2.75) is 13.3 Å². The third-order valence-corrected chi connectivity index (χ3v) is 5.41. The maximum Gasteiger partial charge on any atom is 0.354 e. The molecule has 1 aliphatic heterocycles. The Balaban J connectivity index is 0.000000645. The number of hydrogen-bond donors (Lipinski definition) is 4. The molecule has 0 unspecified atom stereocenters. The Morgan fingerprint density at radius 3 is 2.34 bits per heavy atom. The van der Waals surface area contributed by atoms with Crippen molar-refractivity contribution in [2.75, 3.05) is 29.7 Å². The molecule has 0 atom stereocenters. The van der Waals surface area contributed by atoms with E-state index in [1.54, 1.807) is 58.0 Å². The van der Waals surface area contributed by atoms with E-state index in [0.29, 0.717) is 11.3 Å². The summed E-state index contributed by atoms with van der Waals surface area (Å²) in [6, 6.07) is 14.3. The number of rotatable bonds is 6. The minimum Gasteiger partial charge on any atom is -0.477 e. The molecule has 32 heavy (non-hydrogen) atoms. The van der Waals surface area contributed by atoms with Crippen molar-refractivity contribution in [3.8, 4) is 0 Å². The zero-order chi connectivity index (χ0) is 23.9. The van der Waals surface area contributed by atoms with Gasteiger partial charge in [-0.1, -0.05) is 51.9 Å². The van der Waals surface area contributed by atoms with Crippen LogP contribution in [0.3, 0.4) is 0 Å². The van der Waals surface area contributed by atoms with Crippen LogP contribution in [0, 0.1) is 5.41 Å². The summed E-state index contributed by atoms with van der Waals surface area (Å²) in [6.07, 6.45) is 8.18. The maximum absolute atomic E-state index is 12.5. The minimum absolute atomic E-state index is 0.192. The molecule has 0 aliphatic carbocycles. The van der Waals surface area contributed by atoms with Gasteiger partial charge in [0.15, 0.2) is 5.71 Å². The number of carboxylic acid groups (broad SMARTS) is 1. The topological polar surface area (TPSA) is 102 Å². The molecule has 1 amide bonds. The van der Waals surface area contributed by atoms with Crippen LogP contribution in [0.15, 0.2) is 66.8 Å². The first-order valence-corrected chi connectivity index (χ1v) is 12.8. The average molecular weight is 472 g/mol. The molecule has 0 spiro atoms. The van der Waals surface area contributed by atoms with Gasteiger partial charge in [0.2, 0.25) is 0 Å². The number of benzene rings is 2. The highest BCUT2D eigenvalue weighted by atomic mass is 33.1. The van der Waals surface area contributed by atoms with Gasteiger partial charge in [0.05, 0.1) is 5.57 Å². The summed E-state index contributed by atoms with van der Waals surface area (Å²) in [6.45, 7) is 6.11. The Morgan fingerprint density at radius 1 is 1.16 bits per heavy atom. The third-order valence-electron chi connectivity index (χ3n) is 4.08. The van der Waals surface area contributed by atoms with E-state index in [0.717, 1.165) is 24.2 Å². The molecule has 0 saturated heterocycles. The smallest absolute Gasteiger partial charge is 0.354 e. The Morgan fingerprint density at radius 2 is 1.78 bits per heavy atom. The third kappa shape index (κ3) is 9.03. The Kier molecular flexibility index (Phi) is 12.6. The summed E-state index contributed by atoms with van der Waals surface area (Å²) in [4.78, 5) is 23.7. The van der Waals surface area contributed by atoms with Crippen molar-refractivity contribution in [3.05, 3.63) is 77.9 Å². The predicted octanol–water partition coefficient (Wildman–Crippen LogP) is 5.60. The standard InChI is InChI=1S/C19H17N3O3.C3H6.C2H6S2/c20-17(19(24)25)15(18(23)22-14-4-2-1-3-5-14)11-12-6-7-16-13(10-12)8-9-21-16;1-3-2;1-3-4-2/h1-7,10-11,20-21H,8-9H2,(H,22,23)(H,24,25);3H,1H2,2H3;1-2H3/b15-11-,20-17?;;. The number of carbonyl (C=O) groups excluding carboxylic acids is 1. The van der Waals surface area contributed by atoms with Crippen molar-refractivity contribution < 1.29 is 14.7 Å². The van der Waals surface area contributed by atoms with Gasteiger partial charge < -0.3 is 15.7 Å². The molecule has 6 nitrogen and oxygen atoms in total. The molecular formula is C24H29N3O3S2. The number of aliphatic carboxylic acids is 1. The zero-order valence-electron chi connectivity index (χ0n) is 18.5.